The van der Waals surface area contributed by atoms with Crippen LogP contribution in [0.5, 0.6) is 0 Å². The lowest BCUT2D eigenvalue weighted by Gasteiger charge is -2.02. The molecular weight excluding hydrogens is 249 g/mol. The Morgan fingerprint density at radius 3 is 2.75 bits per heavy atom. The Morgan fingerprint density at radius 1 is 1.38 bits per heavy atom. The summed E-state index contributed by atoms with van der Waals surface area (Å²) in [6, 6.07) is 4.99. The maximum Gasteiger partial charge on any atom is 0.181 e. The highest BCUT2D eigenvalue weighted by molar-refractivity contribution is 6.34. The van der Waals surface area contributed by atoms with Crippen LogP contribution in [0.15, 0.2) is 24.4 Å². The molecule has 1 aromatic carbocycles. The molecule has 2 aromatic rings. The number of rotatable bonds is 2. The van der Waals surface area contributed by atoms with Crippen LogP contribution in [0.3, 0.4) is 0 Å². The molecule has 0 amide bonds. The SMILES string of the molecule is CC(=O)c1cn(-c2cc(Cl)ccc2Cl)nn1. The summed E-state index contributed by atoms with van der Waals surface area (Å²) in [5.41, 5.74) is 0.880. The van der Waals surface area contributed by atoms with E-state index in [1.807, 2.05) is 0 Å². The second kappa shape index (κ2) is 4.23. The van der Waals surface area contributed by atoms with Gasteiger partial charge in [0.2, 0.25) is 0 Å². The molecule has 4 nitrogen and oxygen atoms in total. The molecule has 0 aliphatic heterocycles. The van der Waals surface area contributed by atoms with Crippen LogP contribution in [0.1, 0.15) is 17.4 Å². The number of carbonyl (C=O) groups is 1. The Labute approximate surface area is 102 Å². The molecule has 0 saturated heterocycles. The summed E-state index contributed by atoms with van der Waals surface area (Å²) in [6.07, 6.45) is 1.51. The Balaban J connectivity index is 2.50. The van der Waals surface area contributed by atoms with Crippen molar-refractivity contribution < 1.29 is 4.79 Å². The molecule has 0 spiro atoms. The predicted molar refractivity (Wildman–Crippen MR) is 61.4 cm³/mol. The highest BCUT2D eigenvalue weighted by atomic mass is 35.5. The third kappa shape index (κ3) is 2.08. The van der Waals surface area contributed by atoms with Gasteiger partial charge in [-0.3, -0.25) is 4.79 Å². The number of nitrogens with zero attached hydrogens (tertiary/aromatic N) is 3. The fourth-order valence-corrected chi connectivity index (χ4v) is 1.57. The molecule has 6 heteroatoms. The monoisotopic (exact) mass is 255 g/mol. The third-order valence-electron chi connectivity index (χ3n) is 2.01. The zero-order chi connectivity index (χ0) is 11.7. The summed E-state index contributed by atoms with van der Waals surface area (Å²) >= 11 is 11.8. The standard InChI is InChI=1S/C10H7Cl2N3O/c1-6(16)9-5-15(14-13-9)10-4-7(11)2-3-8(10)12/h2-5H,1H3. The molecule has 0 aliphatic carbocycles. The first-order valence-electron chi connectivity index (χ1n) is 4.46. The van der Waals surface area contributed by atoms with Crippen molar-refractivity contribution >= 4 is 29.0 Å². The van der Waals surface area contributed by atoms with Crippen LogP contribution in [0.25, 0.3) is 5.69 Å². The minimum atomic E-state index is -0.149. The highest BCUT2D eigenvalue weighted by Gasteiger charge is 2.09. The number of benzene rings is 1. The van der Waals surface area contributed by atoms with E-state index in [1.54, 1.807) is 18.2 Å². The summed E-state index contributed by atoms with van der Waals surface area (Å²) in [6.45, 7) is 1.42. The summed E-state index contributed by atoms with van der Waals surface area (Å²) in [7, 11) is 0. The number of carbonyl (C=O) groups excluding carboxylic acids is 1. The van der Waals surface area contributed by atoms with Crippen LogP contribution in [-0.4, -0.2) is 20.8 Å². The average Bonchev–Trinajstić information content (AvgIpc) is 2.70. The molecule has 82 valence electrons. The fourth-order valence-electron chi connectivity index (χ4n) is 1.20. The molecule has 0 atom stereocenters. The molecule has 0 unspecified atom stereocenters. The zero-order valence-corrected chi connectivity index (χ0v) is 9.83. The lowest BCUT2D eigenvalue weighted by molar-refractivity contribution is 0.101. The fraction of sp³-hybridized carbons (Fsp3) is 0.100. The van der Waals surface area contributed by atoms with Gasteiger partial charge in [0.25, 0.3) is 0 Å². The molecule has 0 aliphatic rings. The molecular formula is C10H7Cl2N3O. The van der Waals surface area contributed by atoms with Crippen LogP contribution in [0, 0.1) is 0 Å². The molecule has 0 radical (unpaired) electrons. The third-order valence-corrected chi connectivity index (χ3v) is 2.56. The van der Waals surface area contributed by atoms with Gasteiger partial charge in [0.05, 0.1) is 16.9 Å². The molecule has 0 saturated carbocycles. The lowest BCUT2D eigenvalue weighted by atomic mass is 10.3. The van der Waals surface area contributed by atoms with Crippen LogP contribution >= 0.6 is 23.2 Å². The Bertz CT molecular complexity index is 551. The minimum absolute atomic E-state index is 0.149. The average molecular weight is 256 g/mol. The van der Waals surface area contributed by atoms with Gasteiger partial charge in [0.1, 0.15) is 5.69 Å². The summed E-state index contributed by atoms with van der Waals surface area (Å²) in [4.78, 5) is 11.1. The van der Waals surface area contributed by atoms with Crippen LogP contribution in [-0.2, 0) is 0 Å². The highest BCUT2D eigenvalue weighted by Crippen LogP contribution is 2.23. The van der Waals surface area contributed by atoms with Crippen molar-refractivity contribution in [3.05, 3.63) is 40.1 Å². The van der Waals surface area contributed by atoms with E-state index in [9.17, 15) is 4.79 Å². The zero-order valence-electron chi connectivity index (χ0n) is 8.32. The minimum Gasteiger partial charge on any atom is -0.293 e. The first-order chi connectivity index (χ1) is 7.58. The van der Waals surface area contributed by atoms with E-state index in [-0.39, 0.29) is 11.5 Å². The van der Waals surface area contributed by atoms with Gasteiger partial charge in [-0.1, -0.05) is 28.4 Å². The van der Waals surface area contributed by atoms with Gasteiger partial charge in [-0.05, 0) is 18.2 Å². The largest absolute Gasteiger partial charge is 0.293 e. The van der Waals surface area contributed by atoms with Crippen LogP contribution < -0.4 is 0 Å². The van der Waals surface area contributed by atoms with Crippen molar-refractivity contribution in [1.29, 1.82) is 0 Å². The lowest BCUT2D eigenvalue weighted by Crippen LogP contribution is -1.95. The molecule has 1 heterocycles. The molecule has 1 aromatic heterocycles. The van der Waals surface area contributed by atoms with Crippen molar-refractivity contribution in [2.75, 3.05) is 0 Å². The van der Waals surface area contributed by atoms with Crippen LogP contribution in [0.2, 0.25) is 10.0 Å². The van der Waals surface area contributed by atoms with E-state index in [0.29, 0.717) is 15.7 Å². The molecule has 16 heavy (non-hydrogen) atoms. The second-order valence-corrected chi connectivity index (χ2v) is 4.04. The van der Waals surface area contributed by atoms with Gasteiger partial charge in [-0.2, -0.15) is 0 Å². The quantitative estimate of drug-likeness (QED) is 0.776. The predicted octanol–water partition coefficient (Wildman–Crippen LogP) is 2.78. The summed E-state index contributed by atoms with van der Waals surface area (Å²) in [5, 5.41) is 8.57. The number of hydrogen-bond acceptors (Lipinski definition) is 3. The van der Waals surface area contributed by atoms with Gasteiger partial charge in [-0.25, -0.2) is 4.68 Å². The Kier molecular flexibility index (Phi) is 2.94. The molecule has 0 fully saturated rings. The van der Waals surface area contributed by atoms with Crippen molar-refractivity contribution in [2.24, 2.45) is 0 Å². The van der Waals surface area contributed by atoms with E-state index in [4.69, 9.17) is 23.2 Å². The van der Waals surface area contributed by atoms with E-state index < -0.39 is 0 Å². The van der Waals surface area contributed by atoms with Gasteiger partial charge in [0.15, 0.2) is 5.78 Å². The number of aromatic nitrogens is 3. The van der Waals surface area contributed by atoms with Crippen LogP contribution in [0.4, 0.5) is 0 Å². The molecule has 0 N–H and O–H groups in total. The summed E-state index contributed by atoms with van der Waals surface area (Å²) < 4.78 is 1.42. The molecule has 2 rings (SSSR count). The first-order valence-corrected chi connectivity index (χ1v) is 5.22. The maximum absolute atomic E-state index is 11.1. The maximum atomic E-state index is 11.1. The normalized spacial score (nSPS) is 10.4. The smallest absolute Gasteiger partial charge is 0.181 e. The topological polar surface area (TPSA) is 47.8 Å². The molecule has 0 bridgehead atoms. The second-order valence-electron chi connectivity index (χ2n) is 3.20. The van der Waals surface area contributed by atoms with E-state index >= 15 is 0 Å². The van der Waals surface area contributed by atoms with Gasteiger partial charge < -0.3 is 0 Å². The van der Waals surface area contributed by atoms with Gasteiger partial charge in [-0.15, -0.1) is 5.10 Å². The first kappa shape index (κ1) is 11.1. The van der Waals surface area contributed by atoms with E-state index in [2.05, 4.69) is 10.3 Å². The summed E-state index contributed by atoms with van der Waals surface area (Å²) in [5.74, 6) is -0.149. The van der Waals surface area contributed by atoms with Crippen molar-refractivity contribution in [3.8, 4) is 5.69 Å². The van der Waals surface area contributed by atoms with Crippen molar-refractivity contribution in [3.63, 3.8) is 0 Å². The Hall–Kier alpha value is -1.39. The number of hydrogen-bond donors (Lipinski definition) is 0. The van der Waals surface area contributed by atoms with Crippen molar-refractivity contribution in [2.45, 2.75) is 6.92 Å². The van der Waals surface area contributed by atoms with E-state index in [1.165, 1.54) is 17.8 Å². The number of halogens is 2. The van der Waals surface area contributed by atoms with Gasteiger partial charge in [0, 0.05) is 11.9 Å². The number of Topliss-reactive ketones (excluding diaryl/α,β-unsaturated/α-hetero) is 1. The van der Waals surface area contributed by atoms with Gasteiger partial charge >= 0.3 is 0 Å². The van der Waals surface area contributed by atoms with Crippen molar-refractivity contribution in [1.82, 2.24) is 15.0 Å². The van der Waals surface area contributed by atoms with E-state index in [0.717, 1.165) is 0 Å². The number of ketones is 1. The Morgan fingerprint density at radius 2 is 2.12 bits per heavy atom.